The van der Waals surface area contributed by atoms with Gasteiger partial charge >= 0.3 is 0 Å². The lowest BCUT2D eigenvalue weighted by molar-refractivity contribution is 0.0943. The number of nitrogens with zero attached hydrogens (tertiary/aromatic N) is 2. The Kier molecular flexibility index (Phi) is 4.83. The molecule has 0 saturated carbocycles. The molecular weight excluding hydrogens is 312 g/mol. The van der Waals surface area contributed by atoms with Gasteiger partial charge in [-0.05, 0) is 50.1 Å². The number of hydrogen-bond donors (Lipinski definition) is 2. The van der Waals surface area contributed by atoms with E-state index in [-0.39, 0.29) is 5.91 Å². The number of aromatic amines is 1. The molecule has 2 aliphatic rings. The molecule has 0 bridgehead atoms. The smallest absolute Gasteiger partial charge is 0.272 e. The Morgan fingerprint density at radius 1 is 1.24 bits per heavy atom. The predicted molar refractivity (Wildman–Crippen MR) is 97.8 cm³/mol. The Hall–Kier alpha value is -2.14. The third kappa shape index (κ3) is 3.61. The minimum atomic E-state index is -0.0294. The SMILES string of the molecule is O=C(NCCN1CCC(c2ccccc2)C1)c1n[nH]c2c1CCCC2. The third-order valence-electron chi connectivity index (χ3n) is 5.53. The van der Waals surface area contributed by atoms with E-state index in [0.717, 1.165) is 50.2 Å². The van der Waals surface area contributed by atoms with Gasteiger partial charge in [-0.3, -0.25) is 9.89 Å². The van der Waals surface area contributed by atoms with Crippen LogP contribution in [0.4, 0.5) is 0 Å². The highest BCUT2D eigenvalue weighted by atomic mass is 16.1. The standard InChI is InChI=1S/C20H26N4O/c25-20(19-17-8-4-5-9-18(17)22-23-19)21-11-13-24-12-10-16(14-24)15-6-2-1-3-7-15/h1-3,6-7,16H,4-5,8-14H2,(H,21,25)(H,22,23). The minimum absolute atomic E-state index is 0.0294. The highest BCUT2D eigenvalue weighted by Crippen LogP contribution is 2.26. The van der Waals surface area contributed by atoms with Crippen LogP contribution in [0.25, 0.3) is 0 Å². The van der Waals surface area contributed by atoms with Crippen LogP contribution in [0.2, 0.25) is 0 Å². The number of likely N-dealkylation sites (tertiary alicyclic amines) is 1. The van der Waals surface area contributed by atoms with Gasteiger partial charge in [-0.15, -0.1) is 0 Å². The average molecular weight is 338 g/mol. The fraction of sp³-hybridized carbons (Fsp3) is 0.500. The van der Waals surface area contributed by atoms with E-state index in [1.165, 1.54) is 18.4 Å². The summed E-state index contributed by atoms with van der Waals surface area (Å²) in [5.74, 6) is 0.591. The van der Waals surface area contributed by atoms with E-state index in [1.54, 1.807) is 0 Å². The lowest BCUT2D eigenvalue weighted by atomic mass is 9.96. The van der Waals surface area contributed by atoms with Crippen LogP contribution in [-0.2, 0) is 12.8 Å². The van der Waals surface area contributed by atoms with E-state index in [1.807, 2.05) is 0 Å². The first-order valence-electron chi connectivity index (χ1n) is 9.43. The van der Waals surface area contributed by atoms with Gasteiger partial charge in [0.1, 0.15) is 0 Å². The van der Waals surface area contributed by atoms with Gasteiger partial charge in [0.15, 0.2) is 5.69 Å². The Labute approximate surface area is 148 Å². The monoisotopic (exact) mass is 338 g/mol. The predicted octanol–water partition coefficient (Wildman–Crippen LogP) is 2.51. The van der Waals surface area contributed by atoms with Gasteiger partial charge in [-0.25, -0.2) is 0 Å². The number of hydrogen-bond acceptors (Lipinski definition) is 3. The van der Waals surface area contributed by atoms with Crippen molar-refractivity contribution in [2.24, 2.45) is 0 Å². The summed E-state index contributed by atoms with van der Waals surface area (Å²) in [6, 6.07) is 10.7. The molecule has 1 aromatic heterocycles. The van der Waals surface area contributed by atoms with Crippen LogP contribution < -0.4 is 5.32 Å². The number of H-pyrrole nitrogens is 1. The molecule has 4 rings (SSSR count). The van der Waals surface area contributed by atoms with E-state index >= 15 is 0 Å². The van der Waals surface area contributed by atoms with Crippen LogP contribution in [0, 0.1) is 0 Å². The number of fused-ring (bicyclic) bond motifs is 1. The zero-order chi connectivity index (χ0) is 17.1. The highest BCUT2D eigenvalue weighted by Gasteiger charge is 2.24. The summed E-state index contributed by atoms with van der Waals surface area (Å²) in [6.45, 7) is 3.77. The molecule has 2 aromatic rings. The molecule has 2 N–H and O–H groups in total. The maximum atomic E-state index is 12.4. The van der Waals surface area contributed by atoms with Crippen LogP contribution in [0.1, 0.15) is 52.5 Å². The first kappa shape index (κ1) is 16.3. The highest BCUT2D eigenvalue weighted by molar-refractivity contribution is 5.94. The Balaban J connectivity index is 1.26. The van der Waals surface area contributed by atoms with Crippen molar-refractivity contribution in [3.8, 4) is 0 Å². The maximum absolute atomic E-state index is 12.4. The first-order valence-corrected chi connectivity index (χ1v) is 9.43. The number of carbonyl (C=O) groups is 1. The molecule has 132 valence electrons. The summed E-state index contributed by atoms with van der Waals surface area (Å²) in [6.07, 6.45) is 5.53. The number of amides is 1. The molecule has 1 aliphatic carbocycles. The molecule has 25 heavy (non-hydrogen) atoms. The molecule has 1 saturated heterocycles. The average Bonchev–Trinajstić information content (AvgIpc) is 3.29. The number of aryl methyl sites for hydroxylation is 1. The van der Waals surface area contributed by atoms with Crippen LogP contribution in [0.5, 0.6) is 0 Å². The number of nitrogens with one attached hydrogen (secondary N) is 2. The molecule has 1 atom stereocenters. The van der Waals surface area contributed by atoms with E-state index in [2.05, 4.69) is 50.7 Å². The van der Waals surface area contributed by atoms with Crippen molar-refractivity contribution in [1.82, 2.24) is 20.4 Å². The number of rotatable bonds is 5. The zero-order valence-electron chi connectivity index (χ0n) is 14.6. The molecule has 5 nitrogen and oxygen atoms in total. The van der Waals surface area contributed by atoms with Crippen LogP contribution in [-0.4, -0.2) is 47.2 Å². The van der Waals surface area contributed by atoms with Gasteiger partial charge in [-0.2, -0.15) is 5.10 Å². The summed E-state index contributed by atoms with van der Waals surface area (Å²) in [5.41, 5.74) is 4.33. The second kappa shape index (κ2) is 7.40. The van der Waals surface area contributed by atoms with Crippen LogP contribution in [0.15, 0.2) is 30.3 Å². The number of aromatic nitrogens is 2. The summed E-state index contributed by atoms with van der Waals surface area (Å²) in [5, 5.41) is 10.3. The normalized spacial score (nSPS) is 20.4. The molecule has 1 aliphatic heterocycles. The van der Waals surface area contributed by atoms with Crippen LogP contribution in [0.3, 0.4) is 0 Å². The molecule has 1 fully saturated rings. The molecule has 2 heterocycles. The molecular formula is C20H26N4O. The number of benzene rings is 1. The number of carbonyl (C=O) groups excluding carboxylic acids is 1. The van der Waals surface area contributed by atoms with Crippen molar-refractivity contribution in [2.45, 2.75) is 38.0 Å². The molecule has 1 aromatic carbocycles. The molecule has 1 unspecified atom stereocenters. The second-order valence-electron chi connectivity index (χ2n) is 7.19. The Bertz CT molecular complexity index is 725. The third-order valence-corrected chi connectivity index (χ3v) is 5.53. The van der Waals surface area contributed by atoms with Crippen molar-refractivity contribution >= 4 is 5.91 Å². The van der Waals surface area contributed by atoms with Gasteiger partial charge in [0, 0.05) is 30.9 Å². The van der Waals surface area contributed by atoms with E-state index in [9.17, 15) is 4.79 Å². The molecule has 0 radical (unpaired) electrons. The largest absolute Gasteiger partial charge is 0.349 e. The summed E-state index contributed by atoms with van der Waals surface area (Å²) in [7, 11) is 0. The maximum Gasteiger partial charge on any atom is 0.272 e. The summed E-state index contributed by atoms with van der Waals surface area (Å²) < 4.78 is 0. The summed E-state index contributed by atoms with van der Waals surface area (Å²) >= 11 is 0. The lowest BCUT2D eigenvalue weighted by Crippen LogP contribution is -2.34. The van der Waals surface area contributed by atoms with E-state index in [0.29, 0.717) is 18.2 Å². The van der Waals surface area contributed by atoms with Gasteiger partial charge in [0.25, 0.3) is 5.91 Å². The quantitative estimate of drug-likeness (QED) is 0.881. The van der Waals surface area contributed by atoms with E-state index < -0.39 is 0 Å². The van der Waals surface area contributed by atoms with Crippen molar-refractivity contribution in [3.63, 3.8) is 0 Å². The fourth-order valence-corrected chi connectivity index (χ4v) is 4.11. The first-order chi connectivity index (χ1) is 12.3. The van der Waals surface area contributed by atoms with E-state index in [4.69, 9.17) is 0 Å². The molecule has 0 spiro atoms. The Morgan fingerprint density at radius 3 is 2.96 bits per heavy atom. The van der Waals surface area contributed by atoms with Gasteiger partial charge in [0.2, 0.25) is 0 Å². The van der Waals surface area contributed by atoms with Crippen molar-refractivity contribution in [2.75, 3.05) is 26.2 Å². The topological polar surface area (TPSA) is 61.0 Å². The Morgan fingerprint density at radius 2 is 2.08 bits per heavy atom. The molecule has 1 amide bonds. The van der Waals surface area contributed by atoms with Crippen molar-refractivity contribution in [1.29, 1.82) is 0 Å². The molecule has 5 heteroatoms. The van der Waals surface area contributed by atoms with Gasteiger partial charge in [0.05, 0.1) is 0 Å². The van der Waals surface area contributed by atoms with Crippen molar-refractivity contribution in [3.05, 3.63) is 52.8 Å². The minimum Gasteiger partial charge on any atom is -0.349 e. The van der Waals surface area contributed by atoms with Crippen molar-refractivity contribution < 1.29 is 4.79 Å². The lowest BCUT2D eigenvalue weighted by Gasteiger charge is -2.16. The summed E-state index contributed by atoms with van der Waals surface area (Å²) in [4.78, 5) is 14.9. The van der Waals surface area contributed by atoms with Crippen LogP contribution >= 0.6 is 0 Å². The van der Waals surface area contributed by atoms with Gasteiger partial charge < -0.3 is 10.2 Å². The van der Waals surface area contributed by atoms with Gasteiger partial charge in [-0.1, -0.05) is 30.3 Å². The zero-order valence-corrected chi connectivity index (χ0v) is 14.6. The second-order valence-corrected chi connectivity index (χ2v) is 7.19. The fourth-order valence-electron chi connectivity index (χ4n) is 4.11.